The van der Waals surface area contributed by atoms with Gasteiger partial charge in [0.15, 0.2) is 0 Å². The van der Waals surface area contributed by atoms with Gasteiger partial charge in [-0.25, -0.2) is 9.78 Å². The average molecular weight is 342 g/mol. The zero-order valence-corrected chi connectivity index (χ0v) is 13.1. The zero-order valence-electron chi connectivity index (χ0n) is 10.7. The maximum atomic E-state index is 11.9. The zero-order chi connectivity index (χ0) is 14.0. The van der Waals surface area contributed by atoms with Gasteiger partial charge in [0, 0.05) is 7.05 Å². The van der Waals surface area contributed by atoms with Crippen molar-refractivity contribution in [1.82, 2.24) is 14.8 Å². The second-order valence-electron chi connectivity index (χ2n) is 3.86. The van der Waals surface area contributed by atoms with Gasteiger partial charge in [0.25, 0.3) is 0 Å². The van der Waals surface area contributed by atoms with Crippen molar-refractivity contribution in [1.29, 1.82) is 0 Å². The normalized spacial score (nSPS) is 11.7. The molecular weight excluding hydrogens is 330 g/mol. The van der Waals surface area contributed by atoms with Gasteiger partial charge in [-0.3, -0.25) is 4.68 Å². The Labute approximate surface area is 123 Å². The Morgan fingerprint density at radius 3 is 2.74 bits per heavy atom. The van der Waals surface area contributed by atoms with Gasteiger partial charge in [-0.05, 0) is 34.5 Å². The fourth-order valence-electron chi connectivity index (χ4n) is 1.60. The molecule has 0 N–H and O–H groups in total. The van der Waals surface area contributed by atoms with Crippen LogP contribution < -0.4 is 0 Å². The Morgan fingerprint density at radius 2 is 2.26 bits per heavy atom. The maximum Gasteiger partial charge on any atom is 0.341 e. The summed E-state index contributed by atoms with van der Waals surface area (Å²) >= 11 is 4.72. The first-order chi connectivity index (χ1) is 9.02. The number of aryl methyl sites for hydroxylation is 2. The first-order valence-electron chi connectivity index (χ1n) is 5.43. The second-order valence-corrected chi connectivity index (χ2v) is 6.27. The predicted molar refractivity (Wildman–Crippen MR) is 77.6 cm³/mol. The summed E-state index contributed by atoms with van der Waals surface area (Å²) in [6.45, 7) is 1.94. The van der Waals surface area contributed by atoms with Crippen LogP contribution in [0.5, 0.6) is 0 Å². The monoisotopic (exact) mass is 341 g/mol. The molecule has 0 atom stereocenters. The number of carbonyl (C=O) groups excluding carboxylic acids is 1. The van der Waals surface area contributed by atoms with Gasteiger partial charge >= 0.3 is 5.97 Å². The van der Waals surface area contributed by atoms with E-state index in [2.05, 4.69) is 26.0 Å². The number of aromatic nitrogens is 3. The lowest BCUT2D eigenvalue weighted by Gasteiger charge is -2.03. The van der Waals surface area contributed by atoms with E-state index in [-0.39, 0.29) is 0 Å². The highest BCUT2D eigenvalue weighted by molar-refractivity contribution is 9.11. The highest BCUT2D eigenvalue weighted by Gasteiger charge is 2.17. The van der Waals surface area contributed by atoms with E-state index in [0.29, 0.717) is 10.6 Å². The number of methoxy groups -OCH3 is 1. The third-order valence-corrected chi connectivity index (χ3v) is 4.08. The number of carbonyl (C=O) groups is 1. The van der Waals surface area contributed by atoms with Crippen molar-refractivity contribution in [3.63, 3.8) is 0 Å². The SMILES string of the molecule is COC(=O)/C(=C\c1c(C)cnn1C)c1ncc(Br)s1. The molecule has 0 radical (unpaired) electrons. The molecule has 2 heterocycles. The molecule has 0 bridgehead atoms. The molecule has 0 aromatic carbocycles. The number of nitrogens with zero attached hydrogens (tertiary/aromatic N) is 3. The number of halogens is 1. The van der Waals surface area contributed by atoms with E-state index in [1.165, 1.54) is 18.4 Å². The van der Waals surface area contributed by atoms with Gasteiger partial charge in [0.05, 0.1) is 34.6 Å². The largest absolute Gasteiger partial charge is 0.465 e. The van der Waals surface area contributed by atoms with Gasteiger partial charge in [-0.2, -0.15) is 5.10 Å². The molecule has 0 saturated heterocycles. The summed E-state index contributed by atoms with van der Waals surface area (Å²) in [5.74, 6) is -0.414. The third-order valence-electron chi connectivity index (χ3n) is 2.57. The molecular formula is C12H12BrN3O2S. The standard InChI is InChI=1S/C12H12BrN3O2S/c1-7-5-15-16(2)9(7)4-8(12(17)18-3)11-14-6-10(13)19-11/h4-6H,1-3H3/b8-4-. The number of hydrogen-bond acceptors (Lipinski definition) is 5. The fourth-order valence-corrected chi connectivity index (χ4v) is 2.81. The lowest BCUT2D eigenvalue weighted by atomic mass is 10.2. The molecule has 100 valence electrons. The van der Waals surface area contributed by atoms with Crippen LogP contribution in [0.3, 0.4) is 0 Å². The first-order valence-corrected chi connectivity index (χ1v) is 7.04. The Bertz CT molecular complexity index is 626. The van der Waals surface area contributed by atoms with E-state index < -0.39 is 5.97 Å². The number of esters is 1. The second kappa shape index (κ2) is 5.66. The van der Waals surface area contributed by atoms with Gasteiger partial charge in [0.2, 0.25) is 0 Å². The Kier molecular flexibility index (Phi) is 4.16. The Balaban J connectivity index is 2.53. The summed E-state index contributed by atoms with van der Waals surface area (Å²) in [4.78, 5) is 16.1. The van der Waals surface area contributed by atoms with Crippen molar-refractivity contribution < 1.29 is 9.53 Å². The minimum atomic E-state index is -0.414. The molecule has 2 aromatic heterocycles. The smallest absolute Gasteiger partial charge is 0.341 e. The Hall–Kier alpha value is -1.47. The van der Waals surface area contributed by atoms with Crippen molar-refractivity contribution >= 4 is 44.9 Å². The van der Waals surface area contributed by atoms with E-state index in [4.69, 9.17) is 4.74 Å². The molecule has 0 saturated carbocycles. The summed E-state index contributed by atoms with van der Waals surface area (Å²) in [5, 5.41) is 4.76. The van der Waals surface area contributed by atoms with Crippen LogP contribution in [0.4, 0.5) is 0 Å². The van der Waals surface area contributed by atoms with Crippen molar-refractivity contribution in [2.45, 2.75) is 6.92 Å². The van der Waals surface area contributed by atoms with Crippen LogP contribution in [-0.2, 0) is 16.6 Å². The molecule has 2 aromatic rings. The maximum absolute atomic E-state index is 11.9. The van der Waals surface area contributed by atoms with Crippen LogP contribution in [0.1, 0.15) is 16.3 Å². The summed E-state index contributed by atoms with van der Waals surface area (Å²) < 4.78 is 7.39. The highest BCUT2D eigenvalue weighted by Crippen LogP contribution is 2.28. The van der Waals surface area contributed by atoms with Crippen molar-refractivity contribution in [2.24, 2.45) is 7.05 Å². The molecule has 0 fully saturated rings. The highest BCUT2D eigenvalue weighted by atomic mass is 79.9. The molecule has 2 rings (SSSR count). The van der Waals surface area contributed by atoms with E-state index in [1.807, 2.05) is 14.0 Å². The molecule has 5 nitrogen and oxygen atoms in total. The number of thiazole rings is 1. The molecule has 0 spiro atoms. The first kappa shape index (κ1) is 14.0. The molecule has 0 aliphatic heterocycles. The van der Waals surface area contributed by atoms with Crippen molar-refractivity contribution in [2.75, 3.05) is 7.11 Å². The molecule has 0 aliphatic carbocycles. The van der Waals surface area contributed by atoms with E-state index in [1.54, 1.807) is 23.2 Å². The number of ether oxygens (including phenoxy) is 1. The number of hydrogen-bond donors (Lipinski definition) is 0. The van der Waals surface area contributed by atoms with E-state index in [0.717, 1.165) is 15.0 Å². The number of rotatable bonds is 3. The van der Waals surface area contributed by atoms with Crippen LogP contribution in [0, 0.1) is 6.92 Å². The summed E-state index contributed by atoms with van der Waals surface area (Å²) in [6.07, 6.45) is 5.16. The van der Waals surface area contributed by atoms with Gasteiger partial charge in [-0.1, -0.05) is 0 Å². The minimum Gasteiger partial charge on any atom is -0.465 e. The quantitative estimate of drug-likeness (QED) is 0.636. The molecule has 7 heteroatoms. The Morgan fingerprint density at radius 1 is 1.53 bits per heavy atom. The van der Waals surface area contributed by atoms with Gasteiger partial charge in [0.1, 0.15) is 5.01 Å². The molecule has 0 amide bonds. The van der Waals surface area contributed by atoms with Gasteiger partial charge in [-0.15, -0.1) is 11.3 Å². The van der Waals surface area contributed by atoms with Crippen LogP contribution in [0.2, 0.25) is 0 Å². The molecule has 19 heavy (non-hydrogen) atoms. The summed E-state index contributed by atoms with van der Waals surface area (Å²) in [6, 6.07) is 0. The van der Waals surface area contributed by atoms with Crippen LogP contribution in [0.15, 0.2) is 16.2 Å². The topological polar surface area (TPSA) is 57.0 Å². The molecule has 0 aliphatic rings. The predicted octanol–water partition coefficient (Wildman–Crippen LogP) is 2.66. The van der Waals surface area contributed by atoms with E-state index in [9.17, 15) is 4.79 Å². The summed E-state index contributed by atoms with van der Waals surface area (Å²) in [7, 11) is 3.18. The van der Waals surface area contributed by atoms with Crippen molar-refractivity contribution in [3.8, 4) is 0 Å². The van der Waals surface area contributed by atoms with Crippen LogP contribution in [0.25, 0.3) is 11.6 Å². The lowest BCUT2D eigenvalue weighted by molar-refractivity contribution is -0.133. The summed E-state index contributed by atoms with van der Waals surface area (Å²) in [5.41, 5.74) is 2.26. The molecule has 0 unspecified atom stereocenters. The third kappa shape index (κ3) is 2.93. The van der Waals surface area contributed by atoms with E-state index >= 15 is 0 Å². The van der Waals surface area contributed by atoms with Crippen molar-refractivity contribution in [3.05, 3.63) is 32.4 Å². The van der Waals surface area contributed by atoms with Crippen LogP contribution in [-0.4, -0.2) is 27.8 Å². The van der Waals surface area contributed by atoms with Gasteiger partial charge < -0.3 is 4.74 Å². The minimum absolute atomic E-state index is 0.414. The average Bonchev–Trinajstić information content (AvgIpc) is 2.94. The lowest BCUT2D eigenvalue weighted by Crippen LogP contribution is -2.05. The fraction of sp³-hybridized carbons (Fsp3) is 0.250. The van der Waals surface area contributed by atoms with Crippen LogP contribution >= 0.6 is 27.3 Å².